The number of piperidine rings is 2. The summed E-state index contributed by atoms with van der Waals surface area (Å²) in [5.41, 5.74) is 5.22. The van der Waals surface area contributed by atoms with Crippen LogP contribution in [0.3, 0.4) is 0 Å². The molecule has 316 valence electrons. The standard InChI is InChI=1S/C48H51Cl2N7O3S/c1-61(59,60)55-32-26-39(27-33-55)47(58)56(43-22-23-44(49)45(50)35-43)29-11-28-54-30-24-37(25-31-54)34-36-18-20-38(21-19-36)46-51-53-57(52-46)48(40-12-5-2-6-13-40,41-14-7-3-8-15-41)42-16-9-4-10-17-42/h2-10,12-23,35,37,39H,11,24-34H2,1H3. The van der Waals surface area contributed by atoms with E-state index in [1.807, 2.05) is 65.6 Å². The van der Waals surface area contributed by atoms with Crippen molar-refractivity contribution in [3.05, 3.63) is 166 Å². The third-order valence-corrected chi connectivity index (χ3v) is 14.4. The molecule has 0 spiro atoms. The summed E-state index contributed by atoms with van der Waals surface area (Å²) in [6.07, 6.45) is 6.24. The minimum atomic E-state index is -3.28. The zero-order chi connectivity index (χ0) is 42.4. The van der Waals surface area contributed by atoms with Gasteiger partial charge in [-0.1, -0.05) is 138 Å². The number of halogens is 2. The molecule has 61 heavy (non-hydrogen) atoms. The average Bonchev–Trinajstić information content (AvgIpc) is 3.78. The Morgan fingerprint density at radius 3 is 1.85 bits per heavy atom. The van der Waals surface area contributed by atoms with E-state index in [0.29, 0.717) is 54.3 Å². The number of amides is 1. The molecule has 0 aliphatic carbocycles. The van der Waals surface area contributed by atoms with Gasteiger partial charge in [0.05, 0.1) is 16.3 Å². The molecule has 6 aromatic rings. The molecule has 2 aliphatic heterocycles. The van der Waals surface area contributed by atoms with Gasteiger partial charge in [-0.2, -0.15) is 0 Å². The molecular formula is C48H51Cl2N7O3S. The zero-order valence-electron chi connectivity index (χ0n) is 34.4. The lowest BCUT2D eigenvalue weighted by Crippen LogP contribution is -2.45. The second kappa shape index (κ2) is 19.0. The number of carbonyl (C=O) groups excluding carboxylic acids is 1. The highest BCUT2D eigenvalue weighted by Crippen LogP contribution is 2.40. The first-order valence-corrected chi connectivity index (χ1v) is 23.7. The average molecular weight is 877 g/mol. The lowest BCUT2D eigenvalue weighted by atomic mass is 9.77. The van der Waals surface area contributed by atoms with E-state index in [4.69, 9.17) is 33.5 Å². The van der Waals surface area contributed by atoms with E-state index in [9.17, 15) is 13.2 Å². The summed E-state index contributed by atoms with van der Waals surface area (Å²) in [4.78, 5) is 20.0. The molecule has 0 radical (unpaired) electrons. The van der Waals surface area contributed by atoms with Crippen molar-refractivity contribution in [3.63, 3.8) is 0 Å². The van der Waals surface area contributed by atoms with E-state index >= 15 is 0 Å². The Balaban J connectivity index is 0.886. The first-order valence-electron chi connectivity index (χ1n) is 21.1. The Morgan fingerprint density at radius 1 is 0.738 bits per heavy atom. The Bertz CT molecular complexity index is 2400. The number of rotatable bonds is 14. The number of likely N-dealkylation sites (tertiary alicyclic amines) is 1. The number of benzene rings is 5. The second-order valence-electron chi connectivity index (χ2n) is 16.3. The molecule has 8 rings (SSSR count). The summed E-state index contributed by atoms with van der Waals surface area (Å²) in [5, 5.41) is 15.3. The van der Waals surface area contributed by atoms with Crippen LogP contribution in [-0.2, 0) is 26.8 Å². The van der Waals surface area contributed by atoms with E-state index in [1.165, 1.54) is 16.1 Å². The number of nitrogens with zero attached hydrogens (tertiary/aromatic N) is 7. The van der Waals surface area contributed by atoms with E-state index in [0.717, 1.165) is 73.3 Å². The number of tetrazole rings is 1. The highest BCUT2D eigenvalue weighted by Gasteiger charge is 2.41. The first kappa shape index (κ1) is 42.8. The molecule has 0 N–H and O–H groups in total. The number of anilines is 1. The molecule has 2 fully saturated rings. The first-order chi connectivity index (χ1) is 29.6. The summed E-state index contributed by atoms with van der Waals surface area (Å²) in [6.45, 7) is 4.14. The lowest BCUT2D eigenvalue weighted by Gasteiger charge is -2.35. The monoisotopic (exact) mass is 875 g/mol. The van der Waals surface area contributed by atoms with Crippen LogP contribution in [0.5, 0.6) is 0 Å². The summed E-state index contributed by atoms with van der Waals surface area (Å²) in [6, 6.07) is 45.0. The Morgan fingerprint density at radius 2 is 1.31 bits per heavy atom. The minimum Gasteiger partial charge on any atom is -0.312 e. The van der Waals surface area contributed by atoms with Gasteiger partial charge in [0, 0.05) is 36.8 Å². The topological polar surface area (TPSA) is 105 Å². The van der Waals surface area contributed by atoms with Gasteiger partial charge in [-0.3, -0.25) is 4.79 Å². The zero-order valence-corrected chi connectivity index (χ0v) is 36.7. The van der Waals surface area contributed by atoms with Crippen LogP contribution >= 0.6 is 23.2 Å². The second-order valence-corrected chi connectivity index (χ2v) is 19.1. The fourth-order valence-electron chi connectivity index (χ4n) is 9.02. The van der Waals surface area contributed by atoms with Crippen LogP contribution in [0.1, 0.15) is 54.4 Å². The molecule has 0 unspecified atom stereocenters. The molecule has 0 saturated carbocycles. The summed E-state index contributed by atoms with van der Waals surface area (Å²) >= 11 is 12.6. The summed E-state index contributed by atoms with van der Waals surface area (Å²) in [7, 11) is -3.28. The molecule has 2 saturated heterocycles. The van der Waals surface area contributed by atoms with E-state index in [-0.39, 0.29) is 11.8 Å². The van der Waals surface area contributed by atoms with Gasteiger partial charge in [0.2, 0.25) is 21.8 Å². The van der Waals surface area contributed by atoms with Crippen molar-refractivity contribution in [2.75, 3.05) is 50.4 Å². The van der Waals surface area contributed by atoms with Crippen LogP contribution < -0.4 is 4.90 Å². The van der Waals surface area contributed by atoms with E-state index < -0.39 is 15.6 Å². The van der Waals surface area contributed by atoms with Crippen LogP contribution in [0.2, 0.25) is 10.0 Å². The third kappa shape index (κ3) is 9.61. The van der Waals surface area contributed by atoms with Gasteiger partial charge >= 0.3 is 0 Å². The smallest absolute Gasteiger partial charge is 0.230 e. The summed E-state index contributed by atoms with van der Waals surface area (Å²) < 4.78 is 25.6. The summed E-state index contributed by atoms with van der Waals surface area (Å²) in [5.74, 6) is 0.914. The molecule has 10 nitrogen and oxygen atoms in total. The van der Waals surface area contributed by atoms with Gasteiger partial charge < -0.3 is 9.80 Å². The molecule has 0 bridgehead atoms. The van der Waals surface area contributed by atoms with Crippen LogP contribution in [-0.4, -0.2) is 89.3 Å². The van der Waals surface area contributed by atoms with Crippen molar-refractivity contribution in [1.29, 1.82) is 0 Å². The van der Waals surface area contributed by atoms with Gasteiger partial charge in [-0.15, -0.1) is 15.0 Å². The lowest BCUT2D eigenvalue weighted by molar-refractivity contribution is -0.123. The van der Waals surface area contributed by atoms with Crippen molar-refractivity contribution >= 4 is 44.8 Å². The molecule has 5 aromatic carbocycles. The molecule has 3 heterocycles. The fourth-order valence-corrected chi connectivity index (χ4v) is 10.2. The van der Waals surface area contributed by atoms with E-state index in [2.05, 4.69) is 70.7 Å². The van der Waals surface area contributed by atoms with Gasteiger partial charge in [0.1, 0.15) is 0 Å². The molecular weight excluding hydrogens is 826 g/mol. The molecule has 0 atom stereocenters. The Kier molecular flexibility index (Phi) is 13.3. The molecule has 2 aliphatic rings. The highest BCUT2D eigenvalue weighted by molar-refractivity contribution is 7.88. The number of hydrogen-bond donors (Lipinski definition) is 0. The van der Waals surface area contributed by atoms with Crippen molar-refractivity contribution in [2.24, 2.45) is 11.8 Å². The maximum absolute atomic E-state index is 13.9. The van der Waals surface area contributed by atoms with Gasteiger partial charge in [-0.05, 0) is 110 Å². The van der Waals surface area contributed by atoms with E-state index in [1.54, 1.807) is 16.9 Å². The normalized spacial score (nSPS) is 16.1. The van der Waals surface area contributed by atoms with Crippen LogP contribution in [0.4, 0.5) is 5.69 Å². The van der Waals surface area contributed by atoms with Crippen LogP contribution in [0.15, 0.2) is 133 Å². The maximum Gasteiger partial charge on any atom is 0.230 e. The van der Waals surface area contributed by atoms with Crippen LogP contribution in [0.25, 0.3) is 11.4 Å². The van der Waals surface area contributed by atoms with Crippen molar-refractivity contribution < 1.29 is 13.2 Å². The predicted molar refractivity (Wildman–Crippen MR) is 243 cm³/mol. The van der Waals surface area contributed by atoms with Crippen LogP contribution in [0, 0.1) is 11.8 Å². The van der Waals surface area contributed by atoms with Crippen molar-refractivity contribution in [1.82, 2.24) is 29.4 Å². The number of carbonyl (C=O) groups is 1. The quantitative estimate of drug-likeness (QED) is 0.101. The number of aromatic nitrogens is 4. The fraction of sp³-hybridized carbons (Fsp3) is 0.333. The van der Waals surface area contributed by atoms with Gasteiger partial charge in [-0.25, -0.2) is 12.7 Å². The van der Waals surface area contributed by atoms with Crippen molar-refractivity contribution in [2.45, 2.75) is 44.1 Å². The highest BCUT2D eigenvalue weighted by atomic mass is 35.5. The third-order valence-electron chi connectivity index (χ3n) is 12.3. The van der Waals surface area contributed by atoms with Gasteiger partial charge in [0.25, 0.3) is 0 Å². The number of hydrogen-bond acceptors (Lipinski definition) is 7. The predicted octanol–water partition coefficient (Wildman–Crippen LogP) is 8.84. The SMILES string of the molecule is CS(=O)(=O)N1CCC(C(=O)N(CCCN2CCC(Cc3ccc(-c4nnn(C(c5ccccc5)(c5ccccc5)c5ccccc5)n4)cc3)CC2)c2ccc(Cl)c(Cl)c2)CC1. The molecule has 13 heteroatoms. The Labute approximate surface area is 369 Å². The maximum atomic E-state index is 13.9. The largest absolute Gasteiger partial charge is 0.312 e. The Hall–Kier alpha value is -4.91. The van der Waals surface area contributed by atoms with Crippen molar-refractivity contribution in [3.8, 4) is 11.4 Å². The minimum absolute atomic E-state index is 0.0105. The molecule has 1 amide bonds. The molecule has 1 aromatic heterocycles. The van der Waals surface area contributed by atoms with Gasteiger partial charge in [0.15, 0.2) is 5.54 Å². The number of sulfonamides is 1.